The fourth-order valence-corrected chi connectivity index (χ4v) is 4.27. The quantitative estimate of drug-likeness (QED) is 0.757. The van der Waals surface area contributed by atoms with E-state index in [2.05, 4.69) is 33.7 Å². The summed E-state index contributed by atoms with van der Waals surface area (Å²) in [7, 11) is 0. The predicted octanol–water partition coefficient (Wildman–Crippen LogP) is 3.85. The van der Waals surface area contributed by atoms with E-state index in [9.17, 15) is 4.79 Å². The number of amides is 1. The van der Waals surface area contributed by atoms with Crippen molar-refractivity contribution in [3.8, 4) is 0 Å². The maximum atomic E-state index is 12.6. The second-order valence-corrected chi connectivity index (χ2v) is 8.03. The van der Waals surface area contributed by atoms with Crippen LogP contribution in [0, 0.1) is 20.8 Å². The van der Waals surface area contributed by atoms with E-state index < -0.39 is 0 Å². The van der Waals surface area contributed by atoms with Gasteiger partial charge in [0.2, 0.25) is 0 Å². The van der Waals surface area contributed by atoms with E-state index in [0.29, 0.717) is 10.7 Å². The highest BCUT2D eigenvalue weighted by atomic mass is 32.1. The molecule has 6 nitrogen and oxygen atoms in total. The summed E-state index contributed by atoms with van der Waals surface area (Å²) in [5.74, 6) is 0.435. The van der Waals surface area contributed by atoms with Crippen LogP contribution in [0.25, 0.3) is 11.0 Å². The van der Waals surface area contributed by atoms with Crippen molar-refractivity contribution in [2.75, 3.05) is 11.9 Å². The zero-order chi connectivity index (χ0) is 18.3. The number of nitrogens with zero attached hydrogens (tertiary/aromatic N) is 3. The van der Waals surface area contributed by atoms with Crippen LogP contribution >= 0.6 is 11.3 Å². The van der Waals surface area contributed by atoms with Gasteiger partial charge in [0, 0.05) is 17.2 Å². The van der Waals surface area contributed by atoms with Gasteiger partial charge in [0.1, 0.15) is 17.8 Å². The molecule has 4 heterocycles. The zero-order valence-corrected chi connectivity index (χ0v) is 16.0. The average Bonchev–Trinajstić information content (AvgIpc) is 3.34. The van der Waals surface area contributed by atoms with Crippen molar-refractivity contribution in [3.63, 3.8) is 0 Å². The van der Waals surface area contributed by atoms with Crippen LogP contribution in [-0.2, 0) is 11.3 Å². The fourth-order valence-electron chi connectivity index (χ4n) is 3.50. The Morgan fingerprint density at radius 1 is 1.35 bits per heavy atom. The number of hydrogen-bond donors (Lipinski definition) is 1. The van der Waals surface area contributed by atoms with Crippen LogP contribution in [0.3, 0.4) is 0 Å². The van der Waals surface area contributed by atoms with E-state index in [1.54, 1.807) is 0 Å². The number of aromatic nitrogens is 3. The van der Waals surface area contributed by atoms with Crippen molar-refractivity contribution in [1.82, 2.24) is 14.5 Å². The summed E-state index contributed by atoms with van der Waals surface area (Å²) in [6.45, 7) is 7.74. The Labute approximate surface area is 156 Å². The maximum Gasteiger partial charge on any atom is 0.266 e. The monoisotopic (exact) mass is 370 g/mol. The molecule has 0 spiro atoms. The summed E-state index contributed by atoms with van der Waals surface area (Å²) < 4.78 is 7.98. The second kappa shape index (κ2) is 6.81. The normalized spacial score (nSPS) is 17.1. The topological polar surface area (TPSA) is 69.0 Å². The molecule has 136 valence electrons. The van der Waals surface area contributed by atoms with Gasteiger partial charge in [0.25, 0.3) is 5.91 Å². The van der Waals surface area contributed by atoms with Gasteiger partial charge in [-0.3, -0.25) is 4.79 Å². The molecule has 3 aromatic rings. The minimum atomic E-state index is -0.132. The van der Waals surface area contributed by atoms with Crippen LogP contribution in [-0.4, -0.2) is 33.2 Å². The Balaban J connectivity index is 1.70. The first kappa shape index (κ1) is 17.2. The lowest BCUT2D eigenvalue weighted by molar-refractivity contribution is 0.0974. The van der Waals surface area contributed by atoms with Crippen molar-refractivity contribution < 1.29 is 9.53 Å². The van der Waals surface area contributed by atoms with Crippen LogP contribution in [0.5, 0.6) is 0 Å². The van der Waals surface area contributed by atoms with E-state index in [4.69, 9.17) is 4.74 Å². The van der Waals surface area contributed by atoms with E-state index in [1.807, 2.05) is 19.1 Å². The Kier molecular flexibility index (Phi) is 4.50. The molecule has 1 aliphatic rings. The van der Waals surface area contributed by atoms with Gasteiger partial charge in [-0.25, -0.2) is 9.97 Å². The highest BCUT2D eigenvalue weighted by molar-refractivity contribution is 7.14. The van der Waals surface area contributed by atoms with Crippen LogP contribution in [0.15, 0.2) is 18.5 Å². The van der Waals surface area contributed by atoms with Crippen molar-refractivity contribution in [3.05, 3.63) is 39.5 Å². The SMILES string of the molecule is Cc1ccc(C(=O)Nc2ncnc3c2c(C)c(C)n3CC2CCCO2)s1. The smallest absolute Gasteiger partial charge is 0.266 e. The third-order valence-electron chi connectivity index (χ3n) is 5.01. The van der Waals surface area contributed by atoms with Crippen LogP contribution in [0.4, 0.5) is 5.82 Å². The van der Waals surface area contributed by atoms with E-state index in [0.717, 1.165) is 53.2 Å². The van der Waals surface area contributed by atoms with Gasteiger partial charge in [-0.15, -0.1) is 11.3 Å². The lowest BCUT2D eigenvalue weighted by atomic mass is 10.2. The summed E-state index contributed by atoms with van der Waals surface area (Å²) in [6, 6.07) is 3.79. The third-order valence-corrected chi connectivity index (χ3v) is 6.01. The summed E-state index contributed by atoms with van der Waals surface area (Å²) in [5, 5.41) is 3.87. The average molecular weight is 370 g/mol. The first-order chi connectivity index (χ1) is 12.5. The molecule has 0 aliphatic carbocycles. The molecule has 1 amide bonds. The van der Waals surface area contributed by atoms with Gasteiger partial charge >= 0.3 is 0 Å². The van der Waals surface area contributed by atoms with Gasteiger partial charge < -0.3 is 14.6 Å². The first-order valence-corrected chi connectivity index (χ1v) is 9.66. The van der Waals surface area contributed by atoms with Gasteiger partial charge in [0.15, 0.2) is 0 Å². The Morgan fingerprint density at radius 3 is 2.88 bits per heavy atom. The van der Waals surface area contributed by atoms with E-state index >= 15 is 0 Å². The molecule has 0 bridgehead atoms. The van der Waals surface area contributed by atoms with E-state index in [1.165, 1.54) is 17.7 Å². The number of aryl methyl sites for hydroxylation is 2. The van der Waals surface area contributed by atoms with Crippen molar-refractivity contribution in [2.24, 2.45) is 0 Å². The Hall–Kier alpha value is -2.25. The number of ether oxygens (including phenoxy) is 1. The number of nitrogens with one attached hydrogen (secondary N) is 1. The molecule has 1 atom stereocenters. The number of fused-ring (bicyclic) bond motifs is 1. The molecule has 0 saturated carbocycles. The molecule has 4 rings (SSSR count). The first-order valence-electron chi connectivity index (χ1n) is 8.84. The highest BCUT2D eigenvalue weighted by Gasteiger charge is 2.22. The third kappa shape index (κ3) is 3.01. The zero-order valence-electron chi connectivity index (χ0n) is 15.2. The standard InChI is InChI=1S/C19H22N4O2S/c1-11-6-7-15(26-11)19(24)22-17-16-12(2)13(3)23(18(16)21-10-20-17)9-14-5-4-8-25-14/h6-7,10,14H,4-5,8-9H2,1-3H3,(H,20,21,22,24). The maximum absolute atomic E-state index is 12.6. The number of hydrogen-bond acceptors (Lipinski definition) is 5. The summed E-state index contributed by atoms with van der Waals surface area (Å²) >= 11 is 1.48. The van der Waals surface area contributed by atoms with Crippen molar-refractivity contribution in [1.29, 1.82) is 0 Å². The Bertz CT molecular complexity index is 969. The number of anilines is 1. The summed E-state index contributed by atoms with van der Waals surface area (Å²) in [6.07, 6.45) is 3.93. The highest BCUT2D eigenvalue weighted by Crippen LogP contribution is 2.30. The summed E-state index contributed by atoms with van der Waals surface area (Å²) in [4.78, 5) is 23.2. The van der Waals surface area contributed by atoms with Gasteiger partial charge in [-0.1, -0.05) is 0 Å². The Morgan fingerprint density at radius 2 is 2.19 bits per heavy atom. The number of thiophene rings is 1. The summed E-state index contributed by atoms with van der Waals surface area (Å²) in [5.41, 5.74) is 3.08. The lowest BCUT2D eigenvalue weighted by Gasteiger charge is -2.13. The molecule has 3 aromatic heterocycles. The lowest BCUT2D eigenvalue weighted by Crippen LogP contribution is -2.16. The fraction of sp³-hybridized carbons (Fsp3) is 0.421. The molecule has 0 aromatic carbocycles. The molecule has 1 fully saturated rings. The van der Waals surface area contributed by atoms with Gasteiger partial charge in [-0.2, -0.15) is 0 Å². The molecule has 7 heteroatoms. The minimum absolute atomic E-state index is 0.132. The van der Waals surface area contributed by atoms with Crippen LogP contribution in [0.2, 0.25) is 0 Å². The van der Waals surface area contributed by atoms with Gasteiger partial charge in [-0.05, 0) is 51.3 Å². The largest absolute Gasteiger partial charge is 0.376 e. The molecule has 26 heavy (non-hydrogen) atoms. The molecular formula is C19H22N4O2S. The number of carbonyl (C=O) groups excluding carboxylic acids is 1. The van der Waals surface area contributed by atoms with Crippen molar-refractivity contribution in [2.45, 2.75) is 46.3 Å². The number of rotatable bonds is 4. The molecule has 1 unspecified atom stereocenters. The van der Waals surface area contributed by atoms with Crippen molar-refractivity contribution >= 4 is 34.1 Å². The predicted molar refractivity (Wildman–Crippen MR) is 103 cm³/mol. The minimum Gasteiger partial charge on any atom is -0.376 e. The molecule has 1 saturated heterocycles. The number of carbonyl (C=O) groups is 1. The molecule has 1 N–H and O–H groups in total. The molecular weight excluding hydrogens is 348 g/mol. The second-order valence-electron chi connectivity index (χ2n) is 6.74. The van der Waals surface area contributed by atoms with Gasteiger partial charge in [0.05, 0.1) is 22.9 Å². The van der Waals surface area contributed by atoms with E-state index in [-0.39, 0.29) is 12.0 Å². The van der Waals surface area contributed by atoms with Crippen LogP contribution < -0.4 is 5.32 Å². The molecule has 0 radical (unpaired) electrons. The van der Waals surface area contributed by atoms with Crippen LogP contribution in [0.1, 0.15) is 38.6 Å². The molecule has 1 aliphatic heterocycles.